The predicted molar refractivity (Wildman–Crippen MR) is 74.0 cm³/mol. The molecule has 5 nitrogen and oxygen atoms in total. The molecule has 0 spiro atoms. The van der Waals surface area contributed by atoms with Crippen molar-refractivity contribution in [1.29, 1.82) is 0 Å². The molecule has 0 unspecified atom stereocenters. The first-order valence-corrected chi connectivity index (χ1v) is 6.83. The van der Waals surface area contributed by atoms with Crippen LogP contribution in [-0.2, 0) is 4.74 Å². The van der Waals surface area contributed by atoms with Crippen LogP contribution in [0.25, 0.3) is 11.3 Å². The van der Waals surface area contributed by atoms with E-state index in [2.05, 4.69) is 10.3 Å². The number of hydrogen-bond acceptors (Lipinski definition) is 6. The summed E-state index contributed by atoms with van der Waals surface area (Å²) < 4.78 is 15.7. The third-order valence-corrected chi connectivity index (χ3v) is 3.55. The molecule has 0 bridgehead atoms. The molecule has 0 amide bonds. The molecule has 0 fully saturated rings. The number of fused-ring (bicyclic) bond motifs is 1. The first-order chi connectivity index (χ1) is 9.36. The fourth-order valence-electron chi connectivity index (χ4n) is 1.80. The molecule has 1 aliphatic rings. The van der Waals surface area contributed by atoms with Gasteiger partial charge in [-0.25, -0.2) is 4.98 Å². The highest BCUT2D eigenvalue weighted by Crippen LogP contribution is 2.36. The average Bonchev–Trinajstić information content (AvgIpc) is 3.06. The molecule has 1 aromatic carbocycles. The zero-order valence-corrected chi connectivity index (χ0v) is 11.3. The number of ether oxygens (including phenoxy) is 3. The maximum absolute atomic E-state index is 5.37. The molecule has 0 saturated heterocycles. The highest BCUT2D eigenvalue weighted by atomic mass is 32.1. The van der Waals surface area contributed by atoms with E-state index in [4.69, 9.17) is 14.2 Å². The summed E-state index contributed by atoms with van der Waals surface area (Å²) in [5.74, 6) is 1.57. The van der Waals surface area contributed by atoms with Crippen LogP contribution in [0.1, 0.15) is 0 Å². The highest BCUT2D eigenvalue weighted by molar-refractivity contribution is 7.14. The lowest BCUT2D eigenvalue weighted by molar-refractivity contribution is 0.174. The van der Waals surface area contributed by atoms with E-state index in [0.717, 1.165) is 34.4 Å². The molecule has 0 saturated carbocycles. The van der Waals surface area contributed by atoms with E-state index in [1.165, 1.54) is 0 Å². The Balaban J connectivity index is 1.75. The molecular weight excluding hydrogens is 264 g/mol. The van der Waals surface area contributed by atoms with Crippen molar-refractivity contribution >= 4 is 16.5 Å². The van der Waals surface area contributed by atoms with Gasteiger partial charge < -0.3 is 19.5 Å². The second-order valence-electron chi connectivity index (χ2n) is 4.03. The molecule has 2 heterocycles. The van der Waals surface area contributed by atoms with Crippen LogP contribution in [0.3, 0.4) is 0 Å². The molecule has 0 atom stereocenters. The summed E-state index contributed by atoms with van der Waals surface area (Å²) in [6.07, 6.45) is 0. The van der Waals surface area contributed by atoms with Gasteiger partial charge in [0.2, 0.25) is 6.79 Å². The summed E-state index contributed by atoms with van der Waals surface area (Å²) in [5.41, 5.74) is 1.96. The van der Waals surface area contributed by atoms with Gasteiger partial charge in [-0.2, -0.15) is 0 Å². The zero-order chi connectivity index (χ0) is 13.1. The first kappa shape index (κ1) is 12.3. The normalized spacial score (nSPS) is 12.7. The average molecular weight is 278 g/mol. The van der Waals surface area contributed by atoms with E-state index in [9.17, 15) is 0 Å². The Morgan fingerprint density at radius 1 is 1.37 bits per heavy atom. The van der Waals surface area contributed by atoms with E-state index in [-0.39, 0.29) is 0 Å². The summed E-state index contributed by atoms with van der Waals surface area (Å²) in [7, 11) is 1.68. The molecule has 19 heavy (non-hydrogen) atoms. The zero-order valence-electron chi connectivity index (χ0n) is 10.5. The fraction of sp³-hybridized carbons (Fsp3) is 0.308. The van der Waals surface area contributed by atoms with Crippen molar-refractivity contribution < 1.29 is 14.2 Å². The van der Waals surface area contributed by atoms with Crippen molar-refractivity contribution in [3.05, 3.63) is 23.6 Å². The molecule has 1 aromatic heterocycles. The molecule has 3 rings (SSSR count). The van der Waals surface area contributed by atoms with Gasteiger partial charge in [-0.15, -0.1) is 11.3 Å². The van der Waals surface area contributed by atoms with Crippen molar-refractivity contribution in [2.75, 3.05) is 32.4 Å². The Morgan fingerprint density at radius 2 is 2.26 bits per heavy atom. The van der Waals surface area contributed by atoms with Gasteiger partial charge in [0.1, 0.15) is 0 Å². The maximum atomic E-state index is 5.37. The van der Waals surface area contributed by atoms with E-state index < -0.39 is 0 Å². The van der Waals surface area contributed by atoms with E-state index in [1.807, 2.05) is 23.6 Å². The van der Waals surface area contributed by atoms with Gasteiger partial charge in [-0.1, -0.05) is 0 Å². The molecule has 0 aliphatic carbocycles. The van der Waals surface area contributed by atoms with Crippen molar-refractivity contribution in [2.45, 2.75) is 0 Å². The topological polar surface area (TPSA) is 52.6 Å². The van der Waals surface area contributed by atoms with Crippen molar-refractivity contribution in [3.63, 3.8) is 0 Å². The summed E-state index contributed by atoms with van der Waals surface area (Å²) in [4.78, 5) is 4.53. The van der Waals surface area contributed by atoms with E-state index in [0.29, 0.717) is 13.4 Å². The van der Waals surface area contributed by atoms with Crippen LogP contribution in [0.2, 0.25) is 0 Å². The number of aromatic nitrogens is 1. The first-order valence-electron chi connectivity index (χ1n) is 5.95. The van der Waals surface area contributed by atoms with Crippen LogP contribution in [0, 0.1) is 0 Å². The lowest BCUT2D eigenvalue weighted by Gasteiger charge is -2.01. The summed E-state index contributed by atoms with van der Waals surface area (Å²) in [6, 6.07) is 5.85. The number of hydrogen-bond donors (Lipinski definition) is 1. The van der Waals surface area contributed by atoms with Gasteiger partial charge >= 0.3 is 0 Å². The highest BCUT2D eigenvalue weighted by Gasteiger charge is 2.14. The van der Waals surface area contributed by atoms with Gasteiger partial charge in [-0.05, 0) is 18.2 Å². The summed E-state index contributed by atoms with van der Waals surface area (Å²) in [6.45, 7) is 1.71. The SMILES string of the molecule is COCCNc1nc(-c2ccc3c(c2)OCO3)cs1. The number of nitrogens with one attached hydrogen (secondary N) is 1. The minimum atomic E-state index is 0.291. The van der Waals surface area contributed by atoms with Crippen LogP contribution in [0.5, 0.6) is 11.5 Å². The number of anilines is 1. The predicted octanol–water partition coefficient (Wildman–Crippen LogP) is 2.60. The molecule has 6 heteroatoms. The Kier molecular flexibility index (Phi) is 3.52. The van der Waals surface area contributed by atoms with Gasteiger partial charge in [0, 0.05) is 24.6 Å². The molecule has 0 radical (unpaired) electrons. The number of rotatable bonds is 5. The Hall–Kier alpha value is -1.79. The number of benzene rings is 1. The molecule has 1 aliphatic heterocycles. The number of methoxy groups -OCH3 is 1. The molecular formula is C13H14N2O3S. The second kappa shape index (κ2) is 5.46. The van der Waals surface area contributed by atoms with E-state index >= 15 is 0 Å². The smallest absolute Gasteiger partial charge is 0.231 e. The van der Waals surface area contributed by atoms with Gasteiger partial charge in [-0.3, -0.25) is 0 Å². The molecule has 1 N–H and O–H groups in total. The van der Waals surface area contributed by atoms with Crippen LogP contribution >= 0.6 is 11.3 Å². The molecule has 100 valence electrons. The minimum absolute atomic E-state index is 0.291. The largest absolute Gasteiger partial charge is 0.454 e. The van der Waals surface area contributed by atoms with Gasteiger partial charge in [0.25, 0.3) is 0 Å². The standard InChI is InChI=1S/C13H14N2O3S/c1-16-5-4-14-13-15-10(7-19-13)9-2-3-11-12(6-9)18-8-17-11/h2-3,6-7H,4-5,8H2,1H3,(H,14,15). The van der Waals surface area contributed by atoms with Crippen molar-refractivity contribution in [1.82, 2.24) is 4.98 Å². The summed E-state index contributed by atoms with van der Waals surface area (Å²) >= 11 is 1.58. The lowest BCUT2D eigenvalue weighted by Crippen LogP contribution is -2.06. The van der Waals surface area contributed by atoms with Gasteiger partial charge in [0.05, 0.1) is 12.3 Å². The van der Waals surface area contributed by atoms with Gasteiger partial charge in [0.15, 0.2) is 16.6 Å². The third-order valence-electron chi connectivity index (χ3n) is 2.75. The van der Waals surface area contributed by atoms with Crippen molar-refractivity contribution in [2.24, 2.45) is 0 Å². The number of thiazole rings is 1. The third kappa shape index (κ3) is 2.64. The minimum Gasteiger partial charge on any atom is -0.454 e. The fourth-order valence-corrected chi connectivity index (χ4v) is 2.55. The quantitative estimate of drug-likeness (QED) is 0.852. The second-order valence-corrected chi connectivity index (χ2v) is 4.88. The molecule has 2 aromatic rings. The Labute approximate surface area is 115 Å². The van der Waals surface area contributed by atoms with Crippen molar-refractivity contribution in [3.8, 4) is 22.8 Å². The van der Waals surface area contributed by atoms with Crippen LogP contribution in [0.15, 0.2) is 23.6 Å². The van der Waals surface area contributed by atoms with Crippen LogP contribution < -0.4 is 14.8 Å². The van der Waals surface area contributed by atoms with Crippen LogP contribution in [0.4, 0.5) is 5.13 Å². The monoisotopic (exact) mass is 278 g/mol. The lowest BCUT2D eigenvalue weighted by atomic mass is 10.1. The maximum Gasteiger partial charge on any atom is 0.231 e. The number of nitrogens with zero attached hydrogens (tertiary/aromatic N) is 1. The van der Waals surface area contributed by atoms with Crippen LogP contribution in [-0.4, -0.2) is 32.0 Å². The Morgan fingerprint density at radius 3 is 3.16 bits per heavy atom. The Bertz CT molecular complexity index is 571. The van der Waals surface area contributed by atoms with E-state index in [1.54, 1.807) is 18.4 Å². The summed E-state index contributed by atoms with van der Waals surface area (Å²) in [5, 5.41) is 6.13.